The van der Waals surface area contributed by atoms with Gasteiger partial charge >= 0.3 is 5.97 Å². The highest BCUT2D eigenvalue weighted by atomic mass is 16.5. The smallest absolute Gasteiger partial charge is 0.334 e. The molecule has 1 fully saturated rings. The van der Waals surface area contributed by atoms with Crippen LogP contribution in [-0.2, 0) is 14.3 Å². The first-order chi connectivity index (χ1) is 8.15. The first-order valence-electron chi connectivity index (χ1n) is 6.25. The molecule has 3 aliphatic carbocycles. The first-order valence-corrected chi connectivity index (χ1v) is 6.25. The van der Waals surface area contributed by atoms with Crippen molar-refractivity contribution in [2.24, 2.45) is 23.7 Å². The lowest BCUT2D eigenvalue weighted by Gasteiger charge is -2.21. The lowest BCUT2D eigenvalue weighted by atomic mass is 9.82. The third-order valence-corrected chi connectivity index (χ3v) is 4.36. The van der Waals surface area contributed by atoms with Crippen LogP contribution >= 0.6 is 0 Å². The summed E-state index contributed by atoms with van der Waals surface area (Å²) in [5.74, 6) is 0.702. The summed E-state index contributed by atoms with van der Waals surface area (Å²) in [6.07, 6.45) is 5.33. The summed E-state index contributed by atoms with van der Waals surface area (Å²) >= 11 is 0. The Labute approximate surface area is 101 Å². The summed E-state index contributed by atoms with van der Waals surface area (Å²) in [7, 11) is 0. The Balaban J connectivity index is 1.99. The molecule has 0 amide bonds. The number of carbonyl (C=O) groups is 2. The van der Waals surface area contributed by atoms with Crippen LogP contribution in [0, 0.1) is 23.7 Å². The van der Waals surface area contributed by atoms with Crippen LogP contribution in [-0.4, -0.2) is 18.4 Å². The molecular weight excluding hydrogens is 216 g/mol. The second kappa shape index (κ2) is 3.56. The zero-order chi connectivity index (χ0) is 12.2. The van der Waals surface area contributed by atoms with Gasteiger partial charge in [-0.1, -0.05) is 12.2 Å². The quantitative estimate of drug-likeness (QED) is 0.539. The fourth-order valence-electron chi connectivity index (χ4n) is 3.70. The highest BCUT2D eigenvalue weighted by Gasteiger charge is 2.55. The van der Waals surface area contributed by atoms with E-state index in [2.05, 4.69) is 12.2 Å². The highest BCUT2D eigenvalue weighted by molar-refractivity contribution is 6.09. The predicted molar refractivity (Wildman–Crippen MR) is 62.1 cm³/mol. The van der Waals surface area contributed by atoms with Crippen LogP contribution in [0.3, 0.4) is 0 Å². The Bertz CT molecular complexity index is 458. The molecule has 2 bridgehead atoms. The van der Waals surface area contributed by atoms with Gasteiger partial charge in [-0.25, -0.2) is 4.79 Å². The molecule has 3 rings (SSSR count). The van der Waals surface area contributed by atoms with Crippen molar-refractivity contribution in [1.82, 2.24) is 0 Å². The Morgan fingerprint density at radius 1 is 1.35 bits per heavy atom. The Kier molecular flexibility index (Phi) is 2.25. The van der Waals surface area contributed by atoms with Crippen LogP contribution in [0.4, 0.5) is 0 Å². The molecule has 0 radical (unpaired) electrons. The number of allylic oxidation sites excluding steroid dienone is 3. The van der Waals surface area contributed by atoms with E-state index in [1.807, 2.05) is 0 Å². The average molecular weight is 232 g/mol. The van der Waals surface area contributed by atoms with Gasteiger partial charge < -0.3 is 4.74 Å². The van der Waals surface area contributed by atoms with Crippen molar-refractivity contribution in [3.63, 3.8) is 0 Å². The van der Waals surface area contributed by atoms with Crippen LogP contribution in [0.5, 0.6) is 0 Å². The maximum atomic E-state index is 12.2. The average Bonchev–Trinajstić information content (AvgIpc) is 2.94. The Hall–Kier alpha value is -1.38. The van der Waals surface area contributed by atoms with E-state index < -0.39 is 0 Å². The molecule has 0 aromatic heterocycles. The van der Waals surface area contributed by atoms with E-state index in [-0.39, 0.29) is 23.6 Å². The topological polar surface area (TPSA) is 43.4 Å². The van der Waals surface area contributed by atoms with Gasteiger partial charge in [-0.05, 0) is 32.1 Å². The fourth-order valence-corrected chi connectivity index (χ4v) is 3.70. The number of ketones is 1. The van der Waals surface area contributed by atoms with Crippen LogP contribution in [0.2, 0.25) is 0 Å². The fraction of sp³-hybridized carbons (Fsp3) is 0.571. The van der Waals surface area contributed by atoms with E-state index in [4.69, 9.17) is 4.74 Å². The number of carbonyl (C=O) groups excluding carboxylic acids is 2. The molecule has 0 aliphatic heterocycles. The second-order valence-corrected chi connectivity index (χ2v) is 5.12. The van der Waals surface area contributed by atoms with Gasteiger partial charge in [-0.15, -0.1) is 0 Å². The summed E-state index contributed by atoms with van der Waals surface area (Å²) in [5.41, 5.74) is 1.29. The molecule has 4 atom stereocenters. The third-order valence-electron chi connectivity index (χ3n) is 4.36. The molecule has 0 saturated heterocycles. The molecule has 90 valence electrons. The van der Waals surface area contributed by atoms with E-state index in [9.17, 15) is 9.59 Å². The summed E-state index contributed by atoms with van der Waals surface area (Å²) in [4.78, 5) is 24.2. The van der Waals surface area contributed by atoms with Gasteiger partial charge in [0, 0.05) is 23.0 Å². The minimum absolute atomic E-state index is 0.0180. The van der Waals surface area contributed by atoms with Crippen LogP contribution in [0.25, 0.3) is 0 Å². The van der Waals surface area contributed by atoms with Crippen molar-refractivity contribution < 1.29 is 14.3 Å². The van der Waals surface area contributed by atoms with Crippen molar-refractivity contribution in [3.05, 3.63) is 23.3 Å². The first kappa shape index (κ1) is 10.8. The molecule has 3 nitrogen and oxygen atoms in total. The Morgan fingerprint density at radius 2 is 2.00 bits per heavy atom. The van der Waals surface area contributed by atoms with Crippen LogP contribution in [0.1, 0.15) is 20.3 Å². The number of esters is 1. The molecule has 0 unspecified atom stereocenters. The van der Waals surface area contributed by atoms with Gasteiger partial charge in [-0.3, -0.25) is 4.79 Å². The molecule has 0 spiro atoms. The van der Waals surface area contributed by atoms with Gasteiger partial charge in [0.15, 0.2) is 5.78 Å². The SMILES string of the molecule is CCOC(=O)C1=C(C)C(=O)[C@H]2[C@@H]1[C@H]1C=C[C@@H]2C1. The minimum atomic E-state index is -0.285. The number of fused-ring (bicyclic) bond motifs is 5. The van der Waals surface area contributed by atoms with E-state index >= 15 is 0 Å². The highest BCUT2D eigenvalue weighted by Crippen LogP contribution is 2.56. The zero-order valence-electron chi connectivity index (χ0n) is 10.1. The van der Waals surface area contributed by atoms with E-state index in [0.717, 1.165) is 6.42 Å². The summed E-state index contributed by atoms with van der Waals surface area (Å²) in [5, 5.41) is 0. The Morgan fingerprint density at radius 3 is 2.65 bits per heavy atom. The standard InChI is InChI=1S/C14H16O3/c1-3-17-14(16)10-7(2)13(15)12-9-5-4-8(6-9)11(10)12/h4-5,8-9,11-12H,3,6H2,1-2H3/t8-,9+,11+,12+/m0/s1. The molecule has 0 heterocycles. The zero-order valence-corrected chi connectivity index (χ0v) is 10.1. The predicted octanol–water partition coefficient (Wildman–Crippen LogP) is 1.89. The van der Waals surface area contributed by atoms with Crippen molar-refractivity contribution in [3.8, 4) is 0 Å². The van der Waals surface area contributed by atoms with Crippen LogP contribution in [0.15, 0.2) is 23.3 Å². The van der Waals surface area contributed by atoms with E-state index in [1.54, 1.807) is 13.8 Å². The lowest BCUT2D eigenvalue weighted by molar-refractivity contribution is -0.139. The van der Waals surface area contributed by atoms with Crippen molar-refractivity contribution in [2.75, 3.05) is 6.61 Å². The van der Waals surface area contributed by atoms with Gasteiger partial charge in [0.1, 0.15) is 0 Å². The normalized spacial score (nSPS) is 37.9. The van der Waals surface area contributed by atoms with E-state index in [0.29, 0.717) is 29.6 Å². The number of hydrogen-bond acceptors (Lipinski definition) is 3. The second-order valence-electron chi connectivity index (χ2n) is 5.12. The van der Waals surface area contributed by atoms with Crippen molar-refractivity contribution in [2.45, 2.75) is 20.3 Å². The largest absolute Gasteiger partial charge is 0.463 e. The number of rotatable bonds is 2. The van der Waals surface area contributed by atoms with E-state index in [1.165, 1.54) is 0 Å². The van der Waals surface area contributed by atoms with Gasteiger partial charge in [0.2, 0.25) is 0 Å². The van der Waals surface area contributed by atoms with Gasteiger partial charge in [0.25, 0.3) is 0 Å². The van der Waals surface area contributed by atoms with Gasteiger partial charge in [0.05, 0.1) is 6.61 Å². The number of ether oxygens (including phenoxy) is 1. The molecule has 3 heteroatoms. The molecule has 3 aliphatic rings. The maximum Gasteiger partial charge on any atom is 0.334 e. The third kappa shape index (κ3) is 1.28. The monoisotopic (exact) mass is 232 g/mol. The minimum Gasteiger partial charge on any atom is -0.463 e. The molecule has 1 saturated carbocycles. The summed E-state index contributed by atoms with van der Waals surface area (Å²) in [6, 6.07) is 0. The molecule has 0 aromatic carbocycles. The summed E-state index contributed by atoms with van der Waals surface area (Å²) < 4.78 is 5.09. The number of hydrogen-bond donors (Lipinski definition) is 0. The summed E-state index contributed by atoms with van der Waals surface area (Å²) in [6.45, 7) is 3.93. The van der Waals surface area contributed by atoms with Gasteiger partial charge in [-0.2, -0.15) is 0 Å². The van der Waals surface area contributed by atoms with Crippen molar-refractivity contribution >= 4 is 11.8 Å². The van der Waals surface area contributed by atoms with Crippen LogP contribution < -0.4 is 0 Å². The lowest BCUT2D eigenvalue weighted by Crippen LogP contribution is -2.24. The molecular formula is C14H16O3. The molecule has 17 heavy (non-hydrogen) atoms. The molecule has 0 N–H and O–H groups in total. The maximum absolute atomic E-state index is 12.2. The molecule has 0 aromatic rings. The van der Waals surface area contributed by atoms with Crippen molar-refractivity contribution in [1.29, 1.82) is 0 Å². The number of Topliss-reactive ketones (excluding diaryl/α,β-unsaturated/α-hetero) is 1.